The van der Waals surface area contributed by atoms with Gasteiger partial charge in [0.1, 0.15) is 10.6 Å². The molecule has 0 unspecified atom stereocenters. The minimum absolute atomic E-state index is 0.0908. The van der Waals surface area contributed by atoms with Crippen LogP contribution in [0.2, 0.25) is 0 Å². The molecule has 0 saturated carbocycles. The summed E-state index contributed by atoms with van der Waals surface area (Å²) in [5, 5.41) is 3.91. The Labute approximate surface area is 165 Å². The monoisotopic (exact) mass is 428 g/mol. The largest absolute Gasteiger partial charge is 0.494 e. The number of sulfonamides is 2. The Hall–Kier alpha value is -1.95. The van der Waals surface area contributed by atoms with Crippen LogP contribution in [0.4, 0.5) is 0 Å². The average Bonchev–Trinajstić information content (AvgIpc) is 2.94. The molecule has 9 nitrogen and oxygen atoms in total. The summed E-state index contributed by atoms with van der Waals surface area (Å²) < 4.78 is 60.8. The van der Waals surface area contributed by atoms with Crippen LogP contribution in [0.5, 0.6) is 5.75 Å². The van der Waals surface area contributed by atoms with E-state index in [-0.39, 0.29) is 36.0 Å². The molecule has 0 amide bonds. The van der Waals surface area contributed by atoms with Gasteiger partial charge in [0.15, 0.2) is 0 Å². The first-order chi connectivity index (χ1) is 13.2. The van der Waals surface area contributed by atoms with Gasteiger partial charge in [-0.25, -0.2) is 16.8 Å². The summed E-state index contributed by atoms with van der Waals surface area (Å²) in [6.45, 7) is 3.05. The number of ether oxygens (including phenoxy) is 1. The van der Waals surface area contributed by atoms with Crippen LogP contribution in [0.25, 0.3) is 0 Å². The summed E-state index contributed by atoms with van der Waals surface area (Å²) in [6.07, 6.45) is 3.15. The minimum Gasteiger partial charge on any atom is -0.494 e. The Bertz CT molecular complexity index is 1020. The van der Waals surface area contributed by atoms with Crippen molar-refractivity contribution in [3.63, 3.8) is 0 Å². The van der Waals surface area contributed by atoms with Crippen LogP contribution in [-0.2, 0) is 27.1 Å². The van der Waals surface area contributed by atoms with Gasteiger partial charge in [0.05, 0.1) is 17.7 Å². The molecule has 1 fully saturated rings. The smallest absolute Gasteiger partial charge is 0.246 e. The fraction of sp³-hybridized carbons (Fsp3) is 0.471. The fourth-order valence-electron chi connectivity index (χ4n) is 3.06. The maximum absolute atomic E-state index is 12.9. The quantitative estimate of drug-likeness (QED) is 0.678. The first-order valence-electron chi connectivity index (χ1n) is 8.97. The number of benzene rings is 1. The highest BCUT2D eigenvalue weighted by molar-refractivity contribution is 7.89. The molecule has 0 radical (unpaired) electrons. The lowest BCUT2D eigenvalue weighted by atomic mass is 10.3. The van der Waals surface area contributed by atoms with Gasteiger partial charge < -0.3 is 4.74 Å². The number of aryl methyl sites for hydroxylation is 1. The molecule has 11 heteroatoms. The van der Waals surface area contributed by atoms with Crippen LogP contribution in [0.15, 0.2) is 46.5 Å². The average molecular weight is 429 g/mol. The van der Waals surface area contributed by atoms with Gasteiger partial charge in [0, 0.05) is 39.4 Å². The fourth-order valence-corrected chi connectivity index (χ4v) is 5.98. The molecule has 1 aliphatic heterocycles. The number of rotatable bonds is 6. The molecular formula is C17H24N4O5S2. The molecule has 0 atom stereocenters. The highest BCUT2D eigenvalue weighted by Crippen LogP contribution is 2.23. The maximum Gasteiger partial charge on any atom is 0.246 e. The molecule has 2 heterocycles. The van der Waals surface area contributed by atoms with Gasteiger partial charge in [-0.2, -0.15) is 13.7 Å². The van der Waals surface area contributed by atoms with E-state index in [9.17, 15) is 16.8 Å². The number of hydrogen-bond donors (Lipinski definition) is 0. The Morgan fingerprint density at radius 3 is 2.00 bits per heavy atom. The zero-order valence-electron chi connectivity index (χ0n) is 15.9. The third kappa shape index (κ3) is 4.22. The Balaban J connectivity index is 1.75. The summed E-state index contributed by atoms with van der Waals surface area (Å²) >= 11 is 0. The van der Waals surface area contributed by atoms with E-state index in [1.165, 1.54) is 37.8 Å². The molecule has 0 N–H and O–H groups in total. The lowest BCUT2D eigenvalue weighted by molar-refractivity contribution is 0.340. The first kappa shape index (κ1) is 20.8. The molecule has 2 aromatic rings. The SMILES string of the molecule is CCOc1ccc(S(=O)(=O)N2CCCN(S(=O)(=O)c3cnn(C)c3)CC2)cc1. The van der Waals surface area contributed by atoms with Crippen molar-refractivity contribution >= 4 is 20.0 Å². The van der Waals surface area contributed by atoms with Crippen molar-refractivity contribution in [2.75, 3.05) is 32.8 Å². The van der Waals surface area contributed by atoms with Gasteiger partial charge in [-0.05, 0) is 37.6 Å². The summed E-state index contributed by atoms with van der Waals surface area (Å²) in [5.74, 6) is 0.603. The predicted molar refractivity (Wildman–Crippen MR) is 103 cm³/mol. The van der Waals surface area contributed by atoms with Gasteiger partial charge in [0.25, 0.3) is 0 Å². The molecule has 0 spiro atoms. The molecule has 1 aromatic carbocycles. The summed E-state index contributed by atoms with van der Waals surface area (Å²) in [7, 11) is -5.76. The van der Waals surface area contributed by atoms with Crippen LogP contribution in [-0.4, -0.2) is 68.0 Å². The van der Waals surface area contributed by atoms with Crippen molar-refractivity contribution in [1.82, 2.24) is 18.4 Å². The van der Waals surface area contributed by atoms with Crippen molar-refractivity contribution < 1.29 is 21.6 Å². The van der Waals surface area contributed by atoms with E-state index in [1.807, 2.05) is 6.92 Å². The van der Waals surface area contributed by atoms with Crippen molar-refractivity contribution in [3.05, 3.63) is 36.7 Å². The van der Waals surface area contributed by atoms with Crippen molar-refractivity contribution in [2.45, 2.75) is 23.1 Å². The zero-order chi connectivity index (χ0) is 20.4. The maximum atomic E-state index is 12.9. The summed E-state index contributed by atoms with van der Waals surface area (Å²) in [6, 6.07) is 6.26. The predicted octanol–water partition coefficient (Wildman–Crippen LogP) is 0.904. The second-order valence-electron chi connectivity index (χ2n) is 6.42. The summed E-state index contributed by atoms with van der Waals surface area (Å²) in [5.41, 5.74) is 0. The van der Waals surface area contributed by atoms with Gasteiger partial charge in [-0.1, -0.05) is 0 Å². The molecule has 154 valence electrons. The highest BCUT2D eigenvalue weighted by atomic mass is 32.2. The van der Waals surface area contributed by atoms with E-state index >= 15 is 0 Å². The molecule has 0 bridgehead atoms. The lowest BCUT2D eigenvalue weighted by Gasteiger charge is -2.21. The van der Waals surface area contributed by atoms with Crippen molar-refractivity contribution in [3.8, 4) is 5.75 Å². The van der Waals surface area contributed by atoms with E-state index in [1.54, 1.807) is 19.2 Å². The van der Waals surface area contributed by atoms with E-state index in [4.69, 9.17) is 4.74 Å². The number of nitrogens with zero attached hydrogens (tertiary/aromatic N) is 4. The highest BCUT2D eigenvalue weighted by Gasteiger charge is 2.32. The van der Waals surface area contributed by atoms with Gasteiger partial charge in [-0.3, -0.25) is 4.68 Å². The lowest BCUT2D eigenvalue weighted by Crippen LogP contribution is -2.37. The molecule has 3 rings (SSSR count). The van der Waals surface area contributed by atoms with Crippen LogP contribution in [0.3, 0.4) is 0 Å². The van der Waals surface area contributed by atoms with E-state index in [2.05, 4.69) is 5.10 Å². The second kappa shape index (κ2) is 8.19. The normalized spacial score (nSPS) is 17.4. The molecule has 1 aromatic heterocycles. The van der Waals surface area contributed by atoms with Crippen LogP contribution >= 0.6 is 0 Å². The third-order valence-corrected chi connectivity index (χ3v) is 8.27. The molecule has 1 aliphatic rings. The standard InChI is InChI=1S/C17H24N4O5S2/c1-3-26-15-5-7-16(8-6-15)27(22,23)20-9-4-10-21(12-11-20)28(24,25)17-13-18-19(2)14-17/h5-8,13-14H,3-4,9-12H2,1-2H3. The number of aromatic nitrogens is 2. The van der Waals surface area contributed by atoms with Crippen LogP contribution < -0.4 is 4.74 Å². The van der Waals surface area contributed by atoms with E-state index in [0.29, 0.717) is 18.8 Å². The third-order valence-electron chi connectivity index (χ3n) is 4.51. The second-order valence-corrected chi connectivity index (χ2v) is 10.3. The first-order valence-corrected chi connectivity index (χ1v) is 11.8. The minimum atomic E-state index is -3.71. The zero-order valence-corrected chi connectivity index (χ0v) is 17.5. The Kier molecular flexibility index (Phi) is 6.08. The van der Waals surface area contributed by atoms with E-state index < -0.39 is 20.0 Å². The van der Waals surface area contributed by atoms with E-state index in [0.717, 1.165) is 0 Å². The van der Waals surface area contributed by atoms with Gasteiger partial charge in [-0.15, -0.1) is 0 Å². The van der Waals surface area contributed by atoms with Crippen molar-refractivity contribution in [2.24, 2.45) is 7.05 Å². The van der Waals surface area contributed by atoms with Crippen molar-refractivity contribution in [1.29, 1.82) is 0 Å². The van der Waals surface area contributed by atoms with Gasteiger partial charge >= 0.3 is 0 Å². The van der Waals surface area contributed by atoms with Gasteiger partial charge in [0.2, 0.25) is 20.0 Å². The molecular weight excluding hydrogens is 404 g/mol. The topological polar surface area (TPSA) is 102 Å². The Morgan fingerprint density at radius 1 is 0.929 bits per heavy atom. The molecule has 1 saturated heterocycles. The Morgan fingerprint density at radius 2 is 1.50 bits per heavy atom. The molecule has 28 heavy (non-hydrogen) atoms. The van der Waals surface area contributed by atoms with Crippen LogP contribution in [0.1, 0.15) is 13.3 Å². The number of hydrogen-bond acceptors (Lipinski definition) is 6. The van der Waals surface area contributed by atoms with Crippen LogP contribution in [0, 0.1) is 0 Å². The summed E-state index contributed by atoms with van der Waals surface area (Å²) in [4.78, 5) is 0.275. The molecule has 0 aliphatic carbocycles.